The number of amides is 1. The number of pyridine rings is 1. The van der Waals surface area contributed by atoms with Crippen molar-refractivity contribution in [2.24, 2.45) is 0 Å². The predicted molar refractivity (Wildman–Crippen MR) is 105 cm³/mol. The van der Waals surface area contributed by atoms with Gasteiger partial charge in [0.05, 0.1) is 5.69 Å². The molecule has 1 saturated heterocycles. The van der Waals surface area contributed by atoms with Gasteiger partial charge in [0.15, 0.2) is 11.6 Å². The Labute approximate surface area is 173 Å². The van der Waals surface area contributed by atoms with E-state index in [0.29, 0.717) is 24.3 Å². The summed E-state index contributed by atoms with van der Waals surface area (Å²) in [6.45, 7) is 4.45. The van der Waals surface area contributed by atoms with Crippen molar-refractivity contribution in [2.75, 3.05) is 18.8 Å². The quantitative estimate of drug-likeness (QED) is 0.816. The van der Waals surface area contributed by atoms with Crippen molar-refractivity contribution in [3.63, 3.8) is 0 Å². The number of rotatable bonds is 3. The van der Waals surface area contributed by atoms with Crippen LogP contribution in [0, 0.1) is 0 Å². The molecule has 0 radical (unpaired) electrons. The molecule has 0 saturated carbocycles. The summed E-state index contributed by atoms with van der Waals surface area (Å²) < 4.78 is 37.1. The molecule has 1 unspecified atom stereocenters. The number of halogens is 2. The number of anilines is 1. The lowest BCUT2D eigenvalue weighted by molar-refractivity contribution is -0.0494. The molecule has 0 aliphatic carbocycles. The van der Waals surface area contributed by atoms with Crippen molar-refractivity contribution in [1.29, 1.82) is 0 Å². The second-order valence-electron chi connectivity index (χ2n) is 8.81. The summed E-state index contributed by atoms with van der Waals surface area (Å²) in [7, 11) is 0. The molecule has 4 heterocycles. The summed E-state index contributed by atoms with van der Waals surface area (Å²) in [5.41, 5.74) is 7.06. The lowest BCUT2D eigenvalue weighted by Gasteiger charge is -2.26. The maximum Gasteiger partial charge on any atom is 0.410 e. The van der Waals surface area contributed by atoms with E-state index in [9.17, 15) is 13.6 Å². The number of carbonyl (C=O) groups excluding carboxylic acids is 1. The van der Waals surface area contributed by atoms with E-state index >= 15 is 0 Å². The molecule has 1 spiro atoms. The molecule has 2 aliphatic rings. The standard InChI is InChI=1S/C20H25F2N5O3/c1-19(2,3)30-18(28)26-6-4-20(11-26)5-7-27-15(20)9-13(25-27)12-8-14(29-17(21)22)16(23)24-10-12/h8-10,17H,4-7,11H2,1-3H3,(H2,23,24). The van der Waals surface area contributed by atoms with Crippen LogP contribution in [0.2, 0.25) is 0 Å². The summed E-state index contributed by atoms with van der Waals surface area (Å²) >= 11 is 0. The molecular formula is C20H25F2N5O3. The molecule has 10 heteroatoms. The van der Waals surface area contributed by atoms with Crippen LogP contribution in [0.5, 0.6) is 5.75 Å². The van der Waals surface area contributed by atoms with Gasteiger partial charge in [0.25, 0.3) is 0 Å². The average Bonchev–Trinajstić information content (AvgIpc) is 3.32. The van der Waals surface area contributed by atoms with Crippen molar-refractivity contribution in [3.8, 4) is 17.0 Å². The topological polar surface area (TPSA) is 95.5 Å². The van der Waals surface area contributed by atoms with E-state index in [4.69, 9.17) is 10.5 Å². The highest BCUT2D eigenvalue weighted by Gasteiger charge is 2.47. The lowest BCUT2D eigenvalue weighted by atomic mass is 9.82. The minimum atomic E-state index is -2.99. The van der Waals surface area contributed by atoms with Crippen LogP contribution in [0.1, 0.15) is 39.3 Å². The van der Waals surface area contributed by atoms with E-state index in [1.165, 1.54) is 12.3 Å². The van der Waals surface area contributed by atoms with Gasteiger partial charge in [0.2, 0.25) is 0 Å². The molecule has 2 N–H and O–H groups in total. The second kappa shape index (κ2) is 7.10. The molecule has 4 rings (SSSR count). The molecule has 1 amide bonds. The zero-order valence-corrected chi connectivity index (χ0v) is 17.2. The van der Waals surface area contributed by atoms with Crippen LogP contribution >= 0.6 is 0 Å². The van der Waals surface area contributed by atoms with Gasteiger partial charge in [-0.25, -0.2) is 9.78 Å². The third-order valence-corrected chi connectivity index (χ3v) is 5.52. The van der Waals surface area contributed by atoms with E-state index < -0.39 is 12.2 Å². The SMILES string of the molecule is CC(C)(C)OC(=O)N1CCC2(CCn3nc(-c4cnc(N)c(OC(F)F)c4)cc32)C1. The van der Waals surface area contributed by atoms with Crippen molar-refractivity contribution < 1.29 is 23.0 Å². The van der Waals surface area contributed by atoms with Crippen LogP contribution in [-0.2, 0) is 16.7 Å². The molecule has 1 atom stereocenters. The number of nitrogens with two attached hydrogens (primary N) is 1. The molecule has 0 aromatic carbocycles. The summed E-state index contributed by atoms with van der Waals surface area (Å²) in [4.78, 5) is 18.2. The predicted octanol–water partition coefficient (Wildman–Crippen LogP) is 3.41. The molecule has 30 heavy (non-hydrogen) atoms. The molecule has 1 fully saturated rings. The molecule has 8 nitrogen and oxygen atoms in total. The van der Waals surface area contributed by atoms with Crippen LogP contribution in [0.3, 0.4) is 0 Å². The number of hydrogen-bond donors (Lipinski definition) is 1. The molecule has 162 valence electrons. The maximum absolute atomic E-state index is 12.6. The molecular weight excluding hydrogens is 396 g/mol. The number of carbonyl (C=O) groups is 1. The lowest BCUT2D eigenvalue weighted by Crippen LogP contribution is -2.37. The number of alkyl halides is 2. The fourth-order valence-electron chi connectivity index (χ4n) is 4.16. The number of nitrogen functional groups attached to an aromatic ring is 1. The average molecular weight is 421 g/mol. The van der Waals surface area contributed by atoms with Crippen molar-refractivity contribution in [1.82, 2.24) is 19.7 Å². The largest absolute Gasteiger partial charge is 0.444 e. The minimum Gasteiger partial charge on any atom is -0.444 e. The number of likely N-dealkylation sites (tertiary alicyclic amines) is 1. The highest BCUT2D eigenvalue weighted by molar-refractivity contribution is 5.69. The third-order valence-electron chi connectivity index (χ3n) is 5.52. The molecule has 2 aromatic heterocycles. The van der Waals surface area contributed by atoms with Crippen molar-refractivity contribution in [3.05, 3.63) is 24.0 Å². The Morgan fingerprint density at radius 2 is 2.00 bits per heavy atom. The molecule has 2 aliphatic heterocycles. The maximum atomic E-state index is 12.6. The summed E-state index contributed by atoms with van der Waals surface area (Å²) in [5.74, 6) is -0.284. The Morgan fingerprint density at radius 3 is 2.70 bits per heavy atom. The highest BCUT2D eigenvalue weighted by atomic mass is 19.3. The molecule has 0 bridgehead atoms. The second-order valence-corrected chi connectivity index (χ2v) is 8.81. The normalized spacial score (nSPS) is 20.8. The number of hydrogen-bond acceptors (Lipinski definition) is 6. The fourth-order valence-corrected chi connectivity index (χ4v) is 4.16. The van der Waals surface area contributed by atoms with Crippen molar-refractivity contribution >= 4 is 11.9 Å². The first-order chi connectivity index (χ1) is 14.1. The first-order valence-corrected chi connectivity index (χ1v) is 9.83. The van der Waals surface area contributed by atoms with Crippen LogP contribution in [0.25, 0.3) is 11.3 Å². The van der Waals surface area contributed by atoms with Gasteiger partial charge in [0, 0.05) is 42.5 Å². The monoisotopic (exact) mass is 421 g/mol. The van der Waals surface area contributed by atoms with E-state index in [2.05, 4.69) is 14.8 Å². The first kappa shape index (κ1) is 20.4. The Hall–Kier alpha value is -2.91. The van der Waals surface area contributed by atoms with E-state index in [-0.39, 0.29) is 23.1 Å². The van der Waals surface area contributed by atoms with Gasteiger partial charge >= 0.3 is 12.7 Å². The smallest absolute Gasteiger partial charge is 0.410 e. The van der Waals surface area contributed by atoms with E-state index in [0.717, 1.165) is 25.1 Å². The van der Waals surface area contributed by atoms with Crippen molar-refractivity contribution in [2.45, 2.75) is 57.8 Å². The van der Waals surface area contributed by atoms with E-state index in [1.807, 2.05) is 31.5 Å². The first-order valence-electron chi connectivity index (χ1n) is 9.83. The Bertz CT molecular complexity index is 972. The Balaban J connectivity index is 1.57. The number of nitrogens with zero attached hydrogens (tertiary/aromatic N) is 4. The van der Waals surface area contributed by atoms with Gasteiger partial charge < -0.3 is 20.1 Å². The van der Waals surface area contributed by atoms with Gasteiger partial charge in [-0.05, 0) is 45.7 Å². The highest BCUT2D eigenvalue weighted by Crippen LogP contribution is 2.44. The number of aromatic nitrogens is 3. The van der Waals surface area contributed by atoms with Gasteiger partial charge in [0.1, 0.15) is 5.60 Å². The number of fused-ring (bicyclic) bond motifs is 2. The summed E-state index contributed by atoms with van der Waals surface area (Å²) in [6, 6.07) is 3.35. The van der Waals surface area contributed by atoms with Gasteiger partial charge in [-0.1, -0.05) is 0 Å². The zero-order valence-electron chi connectivity index (χ0n) is 17.2. The van der Waals surface area contributed by atoms with Crippen LogP contribution < -0.4 is 10.5 Å². The minimum absolute atomic E-state index is 0.105. The van der Waals surface area contributed by atoms with Crippen LogP contribution in [-0.4, -0.2) is 51.1 Å². The fraction of sp³-hybridized carbons (Fsp3) is 0.550. The van der Waals surface area contributed by atoms with E-state index in [1.54, 1.807) is 4.90 Å². The molecule has 2 aromatic rings. The van der Waals surface area contributed by atoms with Crippen LogP contribution in [0.15, 0.2) is 18.3 Å². The Kier molecular flexibility index (Phi) is 4.82. The Morgan fingerprint density at radius 1 is 1.27 bits per heavy atom. The number of ether oxygens (including phenoxy) is 2. The van der Waals surface area contributed by atoms with Gasteiger partial charge in [-0.15, -0.1) is 0 Å². The zero-order chi connectivity index (χ0) is 21.7. The summed E-state index contributed by atoms with van der Waals surface area (Å²) in [6.07, 6.45) is 2.88. The van der Waals surface area contributed by atoms with Crippen LogP contribution in [0.4, 0.5) is 19.4 Å². The summed E-state index contributed by atoms with van der Waals surface area (Å²) in [5, 5.41) is 4.62. The van der Waals surface area contributed by atoms with Gasteiger partial charge in [-0.3, -0.25) is 4.68 Å². The van der Waals surface area contributed by atoms with Gasteiger partial charge in [-0.2, -0.15) is 13.9 Å². The third kappa shape index (κ3) is 3.78. The number of aryl methyl sites for hydroxylation is 1.